The van der Waals surface area contributed by atoms with E-state index in [0.717, 1.165) is 19.0 Å². The second-order valence-corrected chi connectivity index (χ2v) is 5.07. The Balaban J connectivity index is 2.21. The average molecular weight is 258 g/mol. The minimum atomic E-state index is -4.32. The third-order valence-corrected chi connectivity index (χ3v) is 3.07. The predicted octanol–water partition coefficient (Wildman–Crippen LogP) is 3.48. The molecule has 2 rings (SSSR count). The van der Waals surface area contributed by atoms with Crippen LogP contribution in [0.1, 0.15) is 49.4 Å². The zero-order valence-corrected chi connectivity index (χ0v) is 10.5. The molecule has 5 heteroatoms. The molecule has 0 atom stereocenters. The highest BCUT2D eigenvalue weighted by Crippen LogP contribution is 2.35. The van der Waals surface area contributed by atoms with Gasteiger partial charge in [-0.25, -0.2) is 0 Å². The van der Waals surface area contributed by atoms with Crippen LogP contribution in [-0.2, 0) is 12.7 Å². The van der Waals surface area contributed by atoms with Crippen molar-refractivity contribution in [1.82, 2.24) is 10.3 Å². The van der Waals surface area contributed by atoms with Crippen LogP contribution in [0.2, 0.25) is 0 Å². The molecule has 0 aliphatic heterocycles. The topological polar surface area (TPSA) is 24.9 Å². The molecule has 1 aliphatic rings. The van der Waals surface area contributed by atoms with E-state index in [2.05, 4.69) is 10.3 Å². The van der Waals surface area contributed by atoms with Crippen molar-refractivity contribution < 1.29 is 13.2 Å². The third-order valence-electron chi connectivity index (χ3n) is 3.07. The van der Waals surface area contributed by atoms with Gasteiger partial charge in [0.15, 0.2) is 0 Å². The van der Waals surface area contributed by atoms with E-state index in [4.69, 9.17) is 0 Å². The van der Waals surface area contributed by atoms with Gasteiger partial charge in [0.05, 0.1) is 11.3 Å². The normalized spacial score (nSPS) is 16.3. The maximum atomic E-state index is 12.8. The standard InChI is InChI=1S/C13H17F3N2/c1-8(2)11-5-10(6-17-9-3-4-9)18-7-12(11)13(14,15)16/h5,7-9,17H,3-4,6H2,1-2H3. The van der Waals surface area contributed by atoms with E-state index in [9.17, 15) is 13.2 Å². The van der Waals surface area contributed by atoms with E-state index in [1.807, 2.05) is 0 Å². The molecule has 18 heavy (non-hydrogen) atoms. The van der Waals surface area contributed by atoms with Crippen LogP contribution in [0.15, 0.2) is 12.3 Å². The minimum Gasteiger partial charge on any atom is -0.308 e. The maximum Gasteiger partial charge on any atom is 0.418 e. The Morgan fingerprint density at radius 2 is 2.06 bits per heavy atom. The zero-order valence-electron chi connectivity index (χ0n) is 10.5. The third kappa shape index (κ3) is 3.22. The molecular weight excluding hydrogens is 241 g/mol. The molecule has 0 amide bonds. The SMILES string of the molecule is CC(C)c1cc(CNC2CC2)ncc1C(F)(F)F. The molecule has 1 aliphatic carbocycles. The first-order chi connectivity index (χ1) is 8.38. The Labute approximate surface area is 105 Å². The van der Waals surface area contributed by atoms with Crippen molar-refractivity contribution in [3.8, 4) is 0 Å². The van der Waals surface area contributed by atoms with E-state index in [1.165, 1.54) is 0 Å². The van der Waals surface area contributed by atoms with Crippen molar-refractivity contribution in [2.75, 3.05) is 0 Å². The van der Waals surface area contributed by atoms with Gasteiger partial charge in [-0.2, -0.15) is 13.2 Å². The van der Waals surface area contributed by atoms with E-state index in [-0.39, 0.29) is 5.92 Å². The van der Waals surface area contributed by atoms with Gasteiger partial charge >= 0.3 is 6.18 Å². The molecule has 0 aromatic carbocycles. The fourth-order valence-electron chi connectivity index (χ4n) is 1.86. The number of nitrogens with zero attached hydrogens (tertiary/aromatic N) is 1. The fourth-order valence-corrected chi connectivity index (χ4v) is 1.86. The van der Waals surface area contributed by atoms with Gasteiger partial charge in [0.1, 0.15) is 0 Å². The predicted molar refractivity (Wildman–Crippen MR) is 63.2 cm³/mol. The molecule has 1 aromatic rings. The molecule has 0 radical (unpaired) electrons. The number of aromatic nitrogens is 1. The monoisotopic (exact) mass is 258 g/mol. The molecular formula is C13H17F3N2. The summed E-state index contributed by atoms with van der Waals surface area (Å²) in [5.41, 5.74) is 0.386. The van der Waals surface area contributed by atoms with Crippen molar-refractivity contribution >= 4 is 0 Å². The Kier molecular flexibility index (Phi) is 3.61. The zero-order chi connectivity index (χ0) is 13.3. The van der Waals surface area contributed by atoms with Gasteiger partial charge in [-0.3, -0.25) is 4.98 Å². The van der Waals surface area contributed by atoms with Gasteiger partial charge in [-0.05, 0) is 30.4 Å². The molecule has 0 unspecified atom stereocenters. The summed E-state index contributed by atoms with van der Waals surface area (Å²) in [7, 11) is 0. The summed E-state index contributed by atoms with van der Waals surface area (Å²) in [5.74, 6) is -0.163. The lowest BCUT2D eigenvalue weighted by atomic mass is 9.98. The van der Waals surface area contributed by atoms with Gasteiger partial charge in [0.25, 0.3) is 0 Å². The van der Waals surface area contributed by atoms with Gasteiger partial charge in [-0.1, -0.05) is 13.8 Å². The number of halogens is 3. The largest absolute Gasteiger partial charge is 0.418 e. The number of nitrogens with one attached hydrogen (secondary N) is 1. The van der Waals surface area contributed by atoms with Crippen LogP contribution in [0, 0.1) is 0 Å². The van der Waals surface area contributed by atoms with Gasteiger partial charge in [0.2, 0.25) is 0 Å². The first-order valence-electron chi connectivity index (χ1n) is 6.17. The molecule has 1 aromatic heterocycles. The Hall–Kier alpha value is -1.10. The van der Waals surface area contributed by atoms with Crippen molar-refractivity contribution in [2.24, 2.45) is 0 Å². The molecule has 1 N–H and O–H groups in total. The minimum absolute atomic E-state index is 0.163. The van der Waals surface area contributed by atoms with E-state index in [0.29, 0.717) is 23.8 Å². The maximum absolute atomic E-state index is 12.8. The van der Waals surface area contributed by atoms with Crippen molar-refractivity contribution in [1.29, 1.82) is 0 Å². The van der Waals surface area contributed by atoms with Crippen LogP contribution < -0.4 is 5.32 Å². The van der Waals surface area contributed by atoms with Crippen LogP contribution >= 0.6 is 0 Å². The van der Waals surface area contributed by atoms with Crippen LogP contribution in [0.4, 0.5) is 13.2 Å². The van der Waals surface area contributed by atoms with E-state index in [1.54, 1.807) is 19.9 Å². The molecule has 0 saturated heterocycles. The summed E-state index contributed by atoms with van der Waals surface area (Å²) in [6.45, 7) is 4.08. The van der Waals surface area contributed by atoms with Crippen LogP contribution in [0.25, 0.3) is 0 Å². The summed E-state index contributed by atoms with van der Waals surface area (Å²) in [6, 6.07) is 2.10. The summed E-state index contributed by atoms with van der Waals surface area (Å²) >= 11 is 0. The highest BCUT2D eigenvalue weighted by Gasteiger charge is 2.34. The Bertz CT molecular complexity index is 423. The van der Waals surface area contributed by atoms with E-state index >= 15 is 0 Å². The first-order valence-corrected chi connectivity index (χ1v) is 6.17. The Morgan fingerprint density at radius 1 is 1.39 bits per heavy atom. The van der Waals surface area contributed by atoms with Gasteiger partial charge in [0, 0.05) is 18.8 Å². The molecule has 2 nitrogen and oxygen atoms in total. The highest BCUT2D eigenvalue weighted by atomic mass is 19.4. The first kappa shape index (κ1) is 13.3. The molecule has 0 spiro atoms. The average Bonchev–Trinajstić information content (AvgIpc) is 3.08. The van der Waals surface area contributed by atoms with E-state index < -0.39 is 11.7 Å². The van der Waals surface area contributed by atoms with Crippen LogP contribution in [0.5, 0.6) is 0 Å². The summed E-state index contributed by atoms with van der Waals surface area (Å²) in [4.78, 5) is 3.91. The number of hydrogen-bond donors (Lipinski definition) is 1. The van der Waals surface area contributed by atoms with Crippen molar-refractivity contribution in [3.63, 3.8) is 0 Å². The highest BCUT2D eigenvalue weighted by molar-refractivity contribution is 5.31. The number of rotatable bonds is 4. The van der Waals surface area contributed by atoms with Gasteiger partial charge in [-0.15, -0.1) is 0 Å². The Morgan fingerprint density at radius 3 is 2.56 bits per heavy atom. The quantitative estimate of drug-likeness (QED) is 0.894. The molecule has 1 fully saturated rings. The number of pyridine rings is 1. The molecule has 1 saturated carbocycles. The van der Waals surface area contributed by atoms with Crippen LogP contribution in [0.3, 0.4) is 0 Å². The summed E-state index contributed by atoms with van der Waals surface area (Å²) in [5, 5.41) is 3.25. The number of hydrogen-bond acceptors (Lipinski definition) is 2. The molecule has 1 heterocycles. The second kappa shape index (κ2) is 4.88. The van der Waals surface area contributed by atoms with Crippen molar-refractivity contribution in [3.05, 3.63) is 29.1 Å². The molecule has 100 valence electrons. The molecule has 0 bridgehead atoms. The smallest absolute Gasteiger partial charge is 0.308 e. The number of alkyl halides is 3. The summed E-state index contributed by atoms with van der Waals surface area (Å²) < 4.78 is 38.4. The lowest BCUT2D eigenvalue weighted by Gasteiger charge is -2.16. The van der Waals surface area contributed by atoms with Crippen LogP contribution in [-0.4, -0.2) is 11.0 Å². The van der Waals surface area contributed by atoms with Gasteiger partial charge < -0.3 is 5.32 Å². The second-order valence-electron chi connectivity index (χ2n) is 5.07. The lowest BCUT2D eigenvalue weighted by molar-refractivity contribution is -0.138. The fraction of sp³-hybridized carbons (Fsp3) is 0.615. The van der Waals surface area contributed by atoms with Crippen molar-refractivity contribution in [2.45, 2.75) is 51.4 Å². The summed E-state index contributed by atoms with van der Waals surface area (Å²) in [6.07, 6.45) is -1.07. The lowest BCUT2D eigenvalue weighted by Crippen LogP contribution is -2.18.